The molecule has 1 aromatic rings. The van der Waals surface area contributed by atoms with Gasteiger partial charge in [-0.1, -0.05) is 5.10 Å². The average Bonchev–Trinajstić information content (AvgIpc) is 2.94. The molecule has 112 valence electrons. The van der Waals surface area contributed by atoms with E-state index in [4.69, 9.17) is 4.42 Å². The maximum absolute atomic E-state index is 11.9. The Labute approximate surface area is 119 Å². The minimum absolute atomic E-state index is 0.269. The summed E-state index contributed by atoms with van der Waals surface area (Å²) in [5.41, 5.74) is 0. The first kappa shape index (κ1) is 14.8. The van der Waals surface area contributed by atoms with Gasteiger partial charge in [-0.3, -0.25) is 4.79 Å². The molecule has 1 amide bonds. The molecule has 1 N–H and O–H groups in total. The number of aryl methyl sites for hydroxylation is 1. The first-order chi connectivity index (χ1) is 9.56. The molecule has 7 nitrogen and oxygen atoms in total. The van der Waals surface area contributed by atoms with Crippen LogP contribution in [0.25, 0.3) is 0 Å². The molecule has 1 fully saturated rings. The highest BCUT2D eigenvalue weighted by Crippen LogP contribution is 2.21. The number of carbonyl (C=O) groups excluding carboxylic acids is 1. The molecular weight excluding hydrogens is 258 g/mol. The van der Waals surface area contributed by atoms with Crippen LogP contribution in [0.2, 0.25) is 0 Å². The van der Waals surface area contributed by atoms with E-state index in [1.54, 1.807) is 6.92 Å². The van der Waals surface area contributed by atoms with Crippen molar-refractivity contribution < 1.29 is 9.21 Å². The van der Waals surface area contributed by atoms with Gasteiger partial charge in [-0.25, -0.2) is 0 Å². The smallest absolute Gasteiger partial charge is 0.315 e. The molecular formula is C13H23N5O2. The Hall–Kier alpha value is -1.63. The van der Waals surface area contributed by atoms with Crippen molar-refractivity contribution in [2.75, 3.05) is 39.0 Å². The zero-order valence-corrected chi connectivity index (χ0v) is 12.4. The van der Waals surface area contributed by atoms with E-state index in [-0.39, 0.29) is 5.91 Å². The topological polar surface area (TPSA) is 74.5 Å². The van der Waals surface area contributed by atoms with Crippen molar-refractivity contribution in [3.63, 3.8) is 0 Å². The van der Waals surface area contributed by atoms with Crippen molar-refractivity contribution in [1.82, 2.24) is 20.0 Å². The van der Waals surface area contributed by atoms with Crippen molar-refractivity contribution >= 4 is 11.9 Å². The Kier molecular flexibility index (Phi) is 4.94. The molecule has 7 heteroatoms. The van der Waals surface area contributed by atoms with E-state index in [9.17, 15) is 4.79 Å². The molecule has 0 unspecified atom stereocenters. The van der Waals surface area contributed by atoms with Crippen molar-refractivity contribution in [2.45, 2.75) is 32.2 Å². The molecule has 1 saturated heterocycles. The Bertz CT molecular complexity index is 446. The number of hydrogen-bond donors (Lipinski definition) is 1. The lowest BCUT2D eigenvalue weighted by atomic mass is 10.1. The monoisotopic (exact) mass is 281 g/mol. The van der Waals surface area contributed by atoms with Crippen molar-refractivity contribution in [1.29, 1.82) is 0 Å². The molecule has 2 rings (SSSR count). The SMILES string of the molecule is Cc1nnc(NCC[C@@H]2CCC(=O)N2CCN(C)C)o1. The zero-order chi connectivity index (χ0) is 14.5. The second-order valence-electron chi connectivity index (χ2n) is 5.42. The number of nitrogens with zero attached hydrogens (tertiary/aromatic N) is 4. The lowest BCUT2D eigenvalue weighted by molar-refractivity contribution is -0.129. The van der Waals surface area contributed by atoms with Gasteiger partial charge >= 0.3 is 6.01 Å². The fourth-order valence-electron chi connectivity index (χ4n) is 2.42. The Morgan fingerprint density at radius 2 is 2.25 bits per heavy atom. The van der Waals surface area contributed by atoms with E-state index in [0.717, 1.165) is 32.5 Å². The number of likely N-dealkylation sites (tertiary alicyclic amines) is 1. The Morgan fingerprint density at radius 3 is 2.90 bits per heavy atom. The lowest BCUT2D eigenvalue weighted by Gasteiger charge is -2.26. The summed E-state index contributed by atoms with van der Waals surface area (Å²) in [7, 11) is 4.05. The summed E-state index contributed by atoms with van der Waals surface area (Å²) in [5, 5.41) is 10.8. The molecule has 0 bridgehead atoms. The van der Waals surface area contributed by atoms with Gasteiger partial charge in [-0.05, 0) is 26.9 Å². The van der Waals surface area contributed by atoms with E-state index >= 15 is 0 Å². The molecule has 1 aliphatic rings. The highest BCUT2D eigenvalue weighted by Gasteiger charge is 2.30. The first-order valence-corrected chi connectivity index (χ1v) is 7.04. The zero-order valence-electron chi connectivity index (χ0n) is 12.4. The van der Waals surface area contributed by atoms with Crippen LogP contribution >= 0.6 is 0 Å². The normalized spacial score (nSPS) is 19.1. The Balaban J connectivity index is 1.77. The molecule has 0 radical (unpaired) electrons. The third-order valence-electron chi connectivity index (χ3n) is 3.52. The molecule has 0 saturated carbocycles. The van der Waals surface area contributed by atoms with Gasteiger partial charge in [0.25, 0.3) is 0 Å². The summed E-state index contributed by atoms with van der Waals surface area (Å²) < 4.78 is 5.25. The van der Waals surface area contributed by atoms with E-state index < -0.39 is 0 Å². The van der Waals surface area contributed by atoms with Gasteiger partial charge in [-0.15, -0.1) is 5.10 Å². The summed E-state index contributed by atoms with van der Waals surface area (Å²) in [6.45, 7) is 4.20. The van der Waals surface area contributed by atoms with Crippen molar-refractivity contribution in [2.24, 2.45) is 0 Å². The van der Waals surface area contributed by atoms with Crippen LogP contribution in [0.1, 0.15) is 25.2 Å². The number of carbonyl (C=O) groups is 1. The van der Waals surface area contributed by atoms with Gasteiger partial charge in [0.15, 0.2) is 0 Å². The van der Waals surface area contributed by atoms with Gasteiger partial charge in [-0.2, -0.15) is 0 Å². The highest BCUT2D eigenvalue weighted by atomic mass is 16.4. The van der Waals surface area contributed by atoms with Gasteiger partial charge in [0, 0.05) is 39.0 Å². The lowest BCUT2D eigenvalue weighted by Crippen LogP contribution is -2.39. The van der Waals surface area contributed by atoms with Crippen LogP contribution < -0.4 is 5.32 Å². The third-order valence-corrected chi connectivity index (χ3v) is 3.52. The van der Waals surface area contributed by atoms with Crippen molar-refractivity contribution in [3.8, 4) is 0 Å². The molecule has 20 heavy (non-hydrogen) atoms. The predicted octanol–water partition coefficient (Wildman–Crippen LogP) is 0.733. The fourth-order valence-corrected chi connectivity index (χ4v) is 2.42. The quantitative estimate of drug-likeness (QED) is 0.794. The minimum atomic E-state index is 0.269. The van der Waals surface area contributed by atoms with E-state index in [1.807, 2.05) is 19.0 Å². The number of hydrogen-bond acceptors (Lipinski definition) is 6. The molecule has 1 aliphatic heterocycles. The minimum Gasteiger partial charge on any atom is -0.408 e. The number of nitrogens with one attached hydrogen (secondary N) is 1. The summed E-state index contributed by atoms with van der Waals surface area (Å²) in [6, 6.07) is 0.769. The van der Waals surface area contributed by atoms with E-state index in [2.05, 4.69) is 20.4 Å². The van der Waals surface area contributed by atoms with Gasteiger partial charge in [0.1, 0.15) is 0 Å². The van der Waals surface area contributed by atoms with Crippen molar-refractivity contribution in [3.05, 3.63) is 5.89 Å². The summed E-state index contributed by atoms with van der Waals surface area (Å²) >= 11 is 0. The number of amides is 1. The van der Waals surface area contributed by atoms with Gasteiger partial charge in [0.2, 0.25) is 11.8 Å². The second kappa shape index (κ2) is 6.69. The maximum atomic E-state index is 11.9. The van der Waals surface area contributed by atoms with Crippen LogP contribution in [0.15, 0.2) is 4.42 Å². The number of likely N-dealkylation sites (N-methyl/N-ethyl adjacent to an activating group) is 1. The van der Waals surface area contributed by atoms with Crippen LogP contribution in [0.3, 0.4) is 0 Å². The molecule has 0 aliphatic carbocycles. The number of aromatic nitrogens is 2. The summed E-state index contributed by atoms with van der Waals surface area (Å²) in [5.74, 6) is 0.821. The first-order valence-electron chi connectivity index (χ1n) is 7.04. The molecule has 2 heterocycles. The van der Waals surface area contributed by atoms with Gasteiger partial charge in [0.05, 0.1) is 0 Å². The molecule has 1 atom stereocenters. The average molecular weight is 281 g/mol. The standard InChI is InChI=1S/C13H23N5O2/c1-10-15-16-13(20-10)14-7-6-11-4-5-12(19)18(11)9-8-17(2)3/h11H,4-9H2,1-3H3,(H,14,16)/t11-/m0/s1. The van der Waals surface area contributed by atoms with Crippen LogP contribution in [0.4, 0.5) is 6.01 Å². The summed E-state index contributed by atoms with van der Waals surface area (Å²) in [4.78, 5) is 16.0. The van der Waals surface area contributed by atoms with E-state index in [1.165, 1.54) is 0 Å². The molecule has 0 spiro atoms. The predicted molar refractivity (Wildman–Crippen MR) is 75.4 cm³/mol. The maximum Gasteiger partial charge on any atom is 0.315 e. The fraction of sp³-hybridized carbons (Fsp3) is 0.769. The van der Waals surface area contributed by atoms with Crippen LogP contribution in [-0.2, 0) is 4.79 Å². The van der Waals surface area contributed by atoms with E-state index in [0.29, 0.717) is 24.4 Å². The number of anilines is 1. The summed E-state index contributed by atoms with van der Waals surface area (Å²) in [6.07, 6.45) is 2.51. The largest absolute Gasteiger partial charge is 0.408 e. The van der Waals surface area contributed by atoms with Crippen LogP contribution in [0.5, 0.6) is 0 Å². The highest BCUT2D eigenvalue weighted by molar-refractivity contribution is 5.78. The second-order valence-corrected chi connectivity index (χ2v) is 5.42. The van der Waals surface area contributed by atoms with Crippen LogP contribution in [0, 0.1) is 6.92 Å². The molecule has 1 aromatic heterocycles. The van der Waals surface area contributed by atoms with Crippen LogP contribution in [-0.4, -0.2) is 65.7 Å². The van der Waals surface area contributed by atoms with Gasteiger partial charge < -0.3 is 19.5 Å². The Morgan fingerprint density at radius 1 is 1.45 bits per heavy atom. The number of rotatable bonds is 7. The third kappa shape index (κ3) is 3.93. The molecule has 0 aromatic carbocycles.